The molecule has 3 heterocycles. The molecule has 1 aromatic carbocycles. The van der Waals surface area contributed by atoms with Crippen molar-refractivity contribution in [3.63, 3.8) is 0 Å². The molecule has 28 heavy (non-hydrogen) atoms. The van der Waals surface area contributed by atoms with E-state index in [9.17, 15) is 9.59 Å². The Morgan fingerprint density at radius 1 is 1.25 bits per heavy atom. The summed E-state index contributed by atoms with van der Waals surface area (Å²) in [4.78, 5) is 28.0. The van der Waals surface area contributed by atoms with Gasteiger partial charge >= 0.3 is 0 Å². The summed E-state index contributed by atoms with van der Waals surface area (Å²) in [6.07, 6.45) is 1.64. The first-order valence-electron chi connectivity index (χ1n) is 9.65. The average molecular weight is 397 g/mol. The fraction of sp³-hybridized carbons (Fsp3) is 0.364. The van der Waals surface area contributed by atoms with Crippen molar-refractivity contribution >= 4 is 34.1 Å². The third kappa shape index (κ3) is 3.56. The van der Waals surface area contributed by atoms with E-state index in [1.54, 1.807) is 4.90 Å². The Labute approximate surface area is 168 Å². The maximum absolute atomic E-state index is 12.9. The molecule has 0 bridgehead atoms. The lowest BCUT2D eigenvalue weighted by Gasteiger charge is -2.32. The Balaban J connectivity index is 1.43. The van der Waals surface area contributed by atoms with E-state index in [4.69, 9.17) is 4.42 Å². The quantitative estimate of drug-likeness (QED) is 0.705. The number of para-hydroxylation sites is 1. The number of nitrogens with one attached hydrogen (secondary N) is 1. The number of hydrogen-bond donors (Lipinski definition) is 1. The van der Waals surface area contributed by atoms with Crippen LogP contribution in [0.2, 0.25) is 0 Å². The van der Waals surface area contributed by atoms with Crippen molar-refractivity contribution in [3.8, 4) is 0 Å². The normalized spacial score (nSPS) is 18.2. The smallest absolute Gasteiger partial charge is 0.263 e. The fourth-order valence-corrected chi connectivity index (χ4v) is 4.63. The van der Waals surface area contributed by atoms with E-state index in [0.29, 0.717) is 13.1 Å². The molecule has 1 saturated heterocycles. The number of rotatable bonds is 4. The van der Waals surface area contributed by atoms with Gasteiger partial charge < -0.3 is 14.6 Å². The van der Waals surface area contributed by atoms with E-state index in [-0.39, 0.29) is 23.8 Å². The van der Waals surface area contributed by atoms with Gasteiger partial charge in [-0.1, -0.05) is 24.3 Å². The van der Waals surface area contributed by atoms with E-state index >= 15 is 0 Å². The van der Waals surface area contributed by atoms with Gasteiger partial charge in [0.05, 0.1) is 16.8 Å². The zero-order valence-corrected chi connectivity index (χ0v) is 16.9. The molecule has 0 saturated carbocycles. The Morgan fingerprint density at radius 2 is 2.07 bits per heavy atom. The molecule has 1 aliphatic rings. The van der Waals surface area contributed by atoms with Crippen LogP contribution in [0.15, 0.2) is 46.2 Å². The Morgan fingerprint density at radius 3 is 2.82 bits per heavy atom. The van der Waals surface area contributed by atoms with E-state index in [1.165, 1.54) is 11.3 Å². The number of likely N-dealkylation sites (tertiary alicyclic amines) is 1. The minimum atomic E-state index is -0.219. The highest BCUT2D eigenvalue weighted by Gasteiger charge is 2.30. The van der Waals surface area contributed by atoms with E-state index in [0.717, 1.165) is 40.0 Å². The van der Waals surface area contributed by atoms with E-state index in [1.807, 2.05) is 55.6 Å². The van der Waals surface area contributed by atoms with Gasteiger partial charge in [-0.05, 0) is 44.2 Å². The zero-order chi connectivity index (χ0) is 19.7. The predicted molar refractivity (Wildman–Crippen MR) is 110 cm³/mol. The van der Waals surface area contributed by atoms with Crippen molar-refractivity contribution < 1.29 is 14.0 Å². The molecule has 2 atom stereocenters. The minimum Gasteiger partial charge on any atom is -0.459 e. The van der Waals surface area contributed by atoms with Gasteiger partial charge in [-0.25, -0.2) is 0 Å². The summed E-state index contributed by atoms with van der Waals surface area (Å²) in [5.41, 5.74) is 1.89. The number of benzene rings is 1. The summed E-state index contributed by atoms with van der Waals surface area (Å²) in [5, 5.41) is 6.07. The van der Waals surface area contributed by atoms with Crippen LogP contribution in [0.4, 0.5) is 0 Å². The lowest BCUT2D eigenvalue weighted by molar-refractivity contribution is -0.127. The topological polar surface area (TPSA) is 62.6 Å². The molecule has 1 aliphatic heterocycles. The summed E-state index contributed by atoms with van der Waals surface area (Å²) < 4.78 is 5.98. The summed E-state index contributed by atoms with van der Waals surface area (Å²) in [7, 11) is 0. The van der Waals surface area contributed by atoms with Gasteiger partial charge in [0.1, 0.15) is 11.3 Å². The SMILES string of the molecule is Cc1c([C@@H](C)NC(=O)[C@H]2CCCN(C(=O)c3cccs3)C2)oc2ccccc12. The number of thiophene rings is 1. The molecule has 146 valence electrons. The van der Waals surface area contributed by atoms with Gasteiger partial charge in [-0.3, -0.25) is 9.59 Å². The van der Waals surface area contributed by atoms with Crippen LogP contribution in [0, 0.1) is 12.8 Å². The number of carbonyl (C=O) groups is 2. The Kier molecular flexibility index (Phi) is 5.22. The number of furan rings is 1. The Bertz CT molecular complexity index is 993. The zero-order valence-electron chi connectivity index (χ0n) is 16.1. The molecule has 5 nitrogen and oxygen atoms in total. The number of hydrogen-bond acceptors (Lipinski definition) is 4. The predicted octanol–water partition coefficient (Wildman–Crippen LogP) is 4.53. The van der Waals surface area contributed by atoms with E-state index in [2.05, 4.69) is 5.32 Å². The third-order valence-corrected chi connectivity index (χ3v) is 6.30. The van der Waals surface area contributed by atoms with Crippen molar-refractivity contribution in [1.29, 1.82) is 0 Å². The molecule has 6 heteroatoms. The molecular formula is C22H24N2O3S. The molecule has 0 unspecified atom stereocenters. The summed E-state index contributed by atoms with van der Waals surface area (Å²) >= 11 is 1.44. The second kappa shape index (κ2) is 7.80. The van der Waals surface area contributed by atoms with Gasteiger partial charge in [0, 0.05) is 24.0 Å². The number of piperidine rings is 1. The van der Waals surface area contributed by atoms with Gasteiger partial charge in [0.15, 0.2) is 0 Å². The van der Waals surface area contributed by atoms with Crippen LogP contribution < -0.4 is 5.32 Å². The molecule has 0 spiro atoms. The van der Waals surface area contributed by atoms with Crippen molar-refractivity contribution in [3.05, 3.63) is 58.0 Å². The standard InChI is InChI=1S/C22H24N2O3S/c1-14-17-8-3-4-9-18(17)27-20(14)15(2)23-21(25)16-7-5-11-24(13-16)22(26)19-10-6-12-28-19/h3-4,6,8-10,12,15-16H,5,7,11,13H2,1-2H3,(H,23,25)/t15-,16+/m1/s1. The van der Waals surface area contributed by atoms with E-state index < -0.39 is 0 Å². The van der Waals surface area contributed by atoms with Gasteiger partial charge in [-0.2, -0.15) is 0 Å². The first kappa shape index (κ1) is 18.7. The number of fused-ring (bicyclic) bond motifs is 1. The van der Waals surface area contributed by atoms with Crippen LogP contribution >= 0.6 is 11.3 Å². The van der Waals surface area contributed by atoms with Crippen LogP contribution in [0.25, 0.3) is 11.0 Å². The molecule has 4 rings (SSSR count). The lowest BCUT2D eigenvalue weighted by Crippen LogP contribution is -2.45. The molecule has 1 fully saturated rings. The second-order valence-electron chi connectivity index (χ2n) is 7.39. The fourth-order valence-electron chi connectivity index (χ4n) is 3.93. The first-order valence-corrected chi connectivity index (χ1v) is 10.5. The summed E-state index contributed by atoms with van der Waals surface area (Å²) in [6.45, 7) is 5.14. The van der Waals surface area contributed by atoms with Crippen molar-refractivity contribution in [2.75, 3.05) is 13.1 Å². The Hall–Kier alpha value is -2.60. The molecule has 1 N–H and O–H groups in total. The highest BCUT2D eigenvalue weighted by atomic mass is 32.1. The molecule has 3 aromatic rings. The van der Waals surface area contributed by atoms with Crippen LogP contribution in [0.3, 0.4) is 0 Å². The average Bonchev–Trinajstić information content (AvgIpc) is 3.36. The van der Waals surface area contributed by atoms with Crippen LogP contribution in [-0.2, 0) is 4.79 Å². The van der Waals surface area contributed by atoms with Crippen molar-refractivity contribution in [2.24, 2.45) is 5.92 Å². The van der Waals surface area contributed by atoms with Crippen LogP contribution in [0.1, 0.15) is 46.8 Å². The lowest BCUT2D eigenvalue weighted by atomic mass is 9.96. The number of carbonyl (C=O) groups excluding carboxylic acids is 2. The molecule has 0 aliphatic carbocycles. The van der Waals surface area contributed by atoms with Gasteiger partial charge in [-0.15, -0.1) is 11.3 Å². The highest BCUT2D eigenvalue weighted by Crippen LogP contribution is 2.29. The van der Waals surface area contributed by atoms with Crippen molar-refractivity contribution in [2.45, 2.75) is 32.7 Å². The molecular weight excluding hydrogens is 372 g/mol. The number of aryl methyl sites for hydroxylation is 1. The monoisotopic (exact) mass is 396 g/mol. The number of amides is 2. The molecule has 2 amide bonds. The molecule has 2 aromatic heterocycles. The minimum absolute atomic E-state index is 0.0176. The highest BCUT2D eigenvalue weighted by molar-refractivity contribution is 7.12. The van der Waals surface area contributed by atoms with Crippen LogP contribution in [0.5, 0.6) is 0 Å². The van der Waals surface area contributed by atoms with Crippen molar-refractivity contribution in [1.82, 2.24) is 10.2 Å². The van der Waals surface area contributed by atoms with Crippen LogP contribution in [-0.4, -0.2) is 29.8 Å². The summed E-state index contributed by atoms with van der Waals surface area (Å²) in [5.74, 6) is 0.603. The van der Waals surface area contributed by atoms with Gasteiger partial charge in [0.25, 0.3) is 5.91 Å². The number of nitrogens with zero attached hydrogens (tertiary/aromatic N) is 1. The second-order valence-corrected chi connectivity index (χ2v) is 8.33. The third-order valence-electron chi connectivity index (χ3n) is 5.44. The summed E-state index contributed by atoms with van der Waals surface area (Å²) in [6, 6.07) is 11.4. The molecule has 0 radical (unpaired) electrons. The maximum Gasteiger partial charge on any atom is 0.263 e. The first-order chi connectivity index (χ1) is 13.5. The largest absolute Gasteiger partial charge is 0.459 e. The maximum atomic E-state index is 12.9. The van der Waals surface area contributed by atoms with Gasteiger partial charge in [0.2, 0.25) is 5.91 Å².